The van der Waals surface area contributed by atoms with Crippen molar-refractivity contribution in [2.24, 2.45) is 17.6 Å². The maximum absolute atomic E-state index is 12.1. The van der Waals surface area contributed by atoms with E-state index >= 15 is 0 Å². The number of hydrogen-bond acceptors (Lipinski definition) is 3. The topological polar surface area (TPSA) is 52.3 Å². The summed E-state index contributed by atoms with van der Waals surface area (Å²) in [6, 6.07) is 10.3. The van der Waals surface area contributed by atoms with Crippen molar-refractivity contribution in [1.29, 1.82) is 0 Å². The molecule has 2 atom stereocenters. The number of esters is 1. The molecule has 2 rings (SSSR count). The SMILES string of the molecule is NCC1CCCCC1C(=O)OCCCc1ccccc1. The monoisotopic (exact) mass is 275 g/mol. The first-order valence-electron chi connectivity index (χ1n) is 7.72. The van der Waals surface area contributed by atoms with Gasteiger partial charge in [0.25, 0.3) is 0 Å². The van der Waals surface area contributed by atoms with Crippen molar-refractivity contribution < 1.29 is 9.53 Å². The highest BCUT2D eigenvalue weighted by molar-refractivity contribution is 5.72. The van der Waals surface area contributed by atoms with Crippen molar-refractivity contribution in [3.8, 4) is 0 Å². The first-order valence-corrected chi connectivity index (χ1v) is 7.72. The van der Waals surface area contributed by atoms with Crippen LogP contribution in [0, 0.1) is 11.8 Å². The Labute approximate surface area is 121 Å². The van der Waals surface area contributed by atoms with Crippen LogP contribution in [-0.4, -0.2) is 19.1 Å². The summed E-state index contributed by atoms with van der Waals surface area (Å²) in [5.74, 6) is 0.323. The van der Waals surface area contributed by atoms with Crippen LogP contribution >= 0.6 is 0 Å². The smallest absolute Gasteiger partial charge is 0.309 e. The van der Waals surface area contributed by atoms with E-state index in [-0.39, 0.29) is 11.9 Å². The molecule has 1 aromatic rings. The third kappa shape index (κ3) is 4.34. The van der Waals surface area contributed by atoms with E-state index in [4.69, 9.17) is 10.5 Å². The maximum atomic E-state index is 12.1. The number of ether oxygens (including phenoxy) is 1. The van der Waals surface area contributed by atoms with E-state index < -0.39 is 0 Å². The predicted molar refractivity (Wildman–Crippen MR) is 80.2 cm³/mol. The summed E-state index contributed by atoms with van der Waals surface area (Å²) in [6.45, 7) is 1.12. The summed E-state index contributed by atoms with van der Waals surface area (Å²) in [5.41, 5.74) is 7.05. The molecule has 1 aliphatic carbocycles. The Morgan fingerprint density at radius 3 is 2.70 bits per heavy atom. The third-order valence-electron chi connectivity index (χ3n) is 4.21. The lowest BCUT2D eigenvalue weighted by Gasteiger charge is -2.28. The molecule has 3 nitrogen and oxygen atoms in total. The van der Waals surface area contributed by atoms with Crippen LogP contribution < -0.4 is 5.73 Å². The van der Waals surface area contributed by atoms with Crippen molar-refractivity contribution in [1.82, 2.24) is 0 Å². The molecule has 1 fully saturated rings. The van der Waals surface area contributed by atoms with E-state index in [1.54, 1.807) is 0 Å². The average Bonchev–Trinajstić information content (AvgIpc) is 2.52. The number of hydrogen-bond donors (Lipinski definition) is 1. The Kier molecular flexibility index (Phi) is 6.06. The Hall–Kier alpha value is -1.35. The molecule has 1 aromatic carbocycles. The molecule has 0 heterocycles. The van der Waals surface area contributed by atoms with Gasteiger partial charge in [-0.15, -0.1) is 0 Å². The van der Waals surface area contributed by atoms with Gasteiger partial charge in [-0.2, -0.15) is 0 Å². The largest absolute Gasteiger partial charge is 0.465 e. The molecule has 1 aliphatic rings. The lowest BCUT2D eigenvalue weighted by atomic mass is 9.79. The van der Waals surface area contributed by atoms with E-state index in [0.717, 1.165) is 32.1 Å². The standard InChI is InChI=1S/C17H25NO2/c18-13-15-10-4-5-11-16(15)17(19)20-12-6-9-14-7-2-1-3-8-14/h1-3,7-8,15-16H,4-6,9-13,18H2. The lowest BCUT2D eigenvalue weighted by molar-refractivity contribution is -0.151. The highest BCUT2D eigenvalue weighted by Crippen LogP contribution is 2.30. The summed E-state index contributed by atoms with van der Waals surface area (Å²) < 4.78 is 5.44. The normalized spacial score (nSPS) is 22.4. The summed E-state index contributed by atoms with van der Waals surface area (Å²) in [6.07, 6.45) is 6.18. The van der Waals surface area contributed by atoms with Crippen LogP contribution in [0.25, 0.3) is 0 Å². The first kappa shape index (κ1) is 15.0. The molecular weight excluding hydrogens is 250 g/mol. The molecule has 1 saturated carbocycles. The molecule has 0 bridgehead atoms. The Balaban J connectivity index is 1.69. The average molecular weight is 275 g/mol. The third-order valence-corrected chi connectivity index (χ3v) is 4.21. The molecule has 110 valence electrons. The number of aryl methyl sites for hydroxylation is 1. The summed E-state index contributed by atoms with van der Waals surface area (Å²) in [5, 5.41) is 0. The van der Waals surface area contributed by atoms with Crippen molar-refractivity contribution >= 4 is 5.97 Å². The second kappa shape index (κ2) is 8.05. The number of carbonyl (C=O) groups is 1. The van der Waals surface area contributed by atoms with Crippen LogP contribution in [0.3, 0.4) is 0 Å². The van der Waals surface area contributed by atoms with Crippen molar-refractivity contribution in [3.63, 3.8) is 0 Å². The van der Waals surface area contributed by atoms with Gasteiger partial charge < -0.3 is 10.5 Å². The van der Waals surface area contributed by atoms with E-state index in [9.17, 15) is 4.79 Å². The molecule has 20 heavy (non-hydrogen) atoms. The summed E-state index contributed by atoms with van der Waals surface area (Å²) >= 11 is 0. The quantitative estimate of drug-likeness (QED) is 0.641. The van der Waals surface area contributed by atoms with Crippen LogP contribution in [0.1, 0.15) is 37.7 Å². The van der Waals surface area contributed by atoms with Gasteiger partial charge in [0.05, 0.1) is 12.5 Å². The second-order valence-electron chi connectivity index (χ2n) is 5.64. The second-order valence-corrected chi connectivity index (χ2v) is 5.64. The molecule has 2 N–H and O–H groups in total. The highest BCUT2D eigenvalue weighted by Gasteiger charge is 2.30. The number of benzene rings is 1. The van der Waals surface area contributed by atoms with E-state index in [0.29, 0.717) is 19.1 Å². The molecule has 0 radical (unpaired) electrons. The zero-order valence-electron chi connectivity index (χ0n) is 12.1. The van der Waals surface area contributed by atoms with Gasteiger partial charge in [-0.05, 0) is 43.7 Å². The molecule has 2 unspecified atom stereocenters. The van der Waals surface area contributed by atoms with Crippen molar-refractivity contribution in [2.75, 3.05) is 13.2 Å². The Morgan fingerprint density at radius 1 is 1.20 bits per heavy atom. The molecule has 0 saturated heterocycles. The van der Waals surface area contributed by atoms with Crippen LogP contribution in [-0.2, 0) is 16.0 Å². The van der Waals surface area contributed by atoms with Gasteiger partial charge in [-0.1, -0.05) is 43.2 Å². The molecule has 0 spiro atoms. The zero-order chi connectivity index (χ0) is 14.2. The van der Waals surface area contributed by atoms with Crippen LogP contribution in [0.2, 0.25) is 0 Å². The van der Waals surface area contributed by atoms with E-state index in [1.807, 2.05) is 18.2 Å². The summed E-state index contributed by atoms with van der Waals surface area (Å²) in [4.78, 5) is 12.1. The van der Waals surface area contributed by atoms with E-state index in [2.05, 4.69) is 12.1 Å². The molecule has 0 amide bonds. The minimum absolute atomic E-state index is 0.0328. The van der Waals surface area contributed by atoms with Crippen LogP contribution in [0.5, 0.6) is 0 Å². The van der Waals surface area contributed by atoms with Gasteiger partial charge in [-0.25, -0.2) is 0 Å². The van der Waals surface area contributed by atoms with Crippen molar-refractivity contribution in [3.05, 3.63) is 35.9 Å². The van der Waals surface area contributed by atoms with Crippen LogP contribution in [0.4, 0.5) is 0 Å². The maximum Gasteiger partial charge on any atom is 0.309 e. The van der Waals surface area contributed by atoms with Gasteiger partial charge >= 0.3 is 5.97 Å². The van der Waals surface area contributed by atoms with Gasteiger partial charge in [-0.3, -0.25) is 4.79 Å². The van der Waals surface area contributed by atoms with Gasteiger partial charge in [0.1, 0.15) is 0 Å². The lowest BCUT2D eigenvalue weighted by Crippen LogP contribution is -2.33. The molecule has 0 aromatic heterocycles. The van der Waals surface area contributed by atoms with Crippen molar-refractivity contribution in [2.45, 2.75) is 38.5 Å². The summed E-state index contributed by atoms with van der Waals surface area (Å²) in [7, 11) is 0. The fourth-order valence-electron chi connectivity index (χ4n) is 3.00. The van der Waals surface area contributed by atoms with E-state index in [1.165, 1.54) is 12.0 Å². The van der Waals surface area contributed by atoms with Gasteiger partial charge in [0.2, 0.25) is 0 Å². The number of carbonyl (C=O) groups excluding carboxylic acids is 1. The minimum atomic E-state index is -0.0341. The fourth-order valence-corrected chi connectivity index (χ4v) is 3.00. The molecule has 3 heteroatoms. The fraction of sp³-hybridized carbons (Fsp3) is 0.588. The number of rotatable bonds is 6. The predicted octanol–water partition coefficient (Wildman–Crippen LogP) is 2.93. The minimum Gasteiger partial charge on any atom is -0.465 e. The number of nitrogens with two attached hydrogens (primary N) is 1. The highest BCUT2D eigenvalue weighted by atomic mass is 16.5. The molecule has 0 aliphatic heterocycles. The Morgan fingerprint density at radius 2 is 1.95 bits per heavy atom. The van der Waals surface area contributed by atoms with Gasteiger partial charge in [0.15, 0.2) is 0 Å². The Bertz CT molecular complexity index is 405. The molecular formula is C17H25NO2. The van der Waals surface area contributed by atoms with Gasteiger partial charge in [0, 0.05) is 0 Å². The zero-order valence-corrected chi connectivity index (χ0v) is 12.1. The first-order chi connectivity index (χ1) is 9.81. The van der Waals surface area contributed by atoms with Crippen LogP contribution in [0.15, 0.2) is 30.3 Å².